The fraction of sp³-hybridized carbons (Fsp3) is 0.111. The molecular weight excluding hydrogens is 262 g/mol. The second kappa shape index (κ2) is 5.95. The fourth-order valence-electron chi connectivity index (χ4n) is 2.39. The van der Waals surface area contributed by atoms with E-state index in [2.05, 4.69) is 4.98 Å². The summed E-state index contributed by atoms with van der Waals surface area (Å²) in [5.41, 5.74) is 3.06. The Morgan fingerprint density at radius 2 is 1.19 bits per heavy atom. The number of aliphatic hydroxyl groups is 2. The molecule has 1 aromatic heterocycles. The molecule has 2 unspecified atom stereocenters. The van der Waals surface area contributed by atoms with E-state index in [0.717, 1.165) is 16.7 Å². The summed E-state index contributed by atoms with van der Waals surface area (Å²) >= 11 is 0. The second-order valence-electron chi connectivity index (χ2n) is 5.01. The fourth-order valence-corrected chi connectivity index (χ4v) is 2.39. The van der Waals surface area contributed by atoms with Crippen LogP contribution in [0.4, 0.5) is 0 Å². The normalized spacial score (nSPS) is 13.8. The van der Waals surface area contributed by atoms with Gasteiger partial charge in [-0.3, -0.25) is 0 Å². The Labute approximate surface area is 123 Å². The Morgan fingerprint density at radius 3 is 1.76 bits per heavy atom. The number of H-pyrrole nitrogens is 1. The molecule has 106 valence electrons. The third-order valence-electron chi connectivity index (χ3n) is 3.57. The molecule has 0 amide bonds. The number of hydrogen-bond acceptors (Lipinski definition) is 2. The van der Waals surface area contributed by atoms with Gasteiger partial charge in [0.25, 0.3) is 0 Å². The molecule has 3 N–H and O–H groups in total. The van der Waals surface area contributed by atoms with E-state index in [4.69, 9.17) is 0 Å². The van der Waals surface area contributed by atoms with E-state index in [1.165, 1.54) is 0 Å². The second-order valence-corrected chi connectivity index (χ2v) is 5.01. The molecule has 2 atom stereocenters. The lowest BCUT2D eigenvalue weighted by molar-refractivity contribution is 0.214. The monoisotopic (exact) mass is 279 g/mol. The summed E-state index contributed by atoms with van der Waals surface area (Å²) in [6.07, 6.45) is 0.321. The van der Waals surface area contributed by atoms with Crippen molar-refractivity contribution in [2.24, 2.45) is 0 Å². The highest BCUT2D eigenvalue weighted by molar-refractivity contribution is 5.33. The summed E-state index contributed by atoms with van der Waals surface area (Å²) in [6.45, 7) is 0. The van der Waals surface area contributed by atoms with Gasteiger partial charge in [-0.05, 0) is 17.2 Å². The van der Waals surface area contributed by atoms with Gasteiger partial charge in [0.15, 0.2) is 0 Å². The van der Waals surface area contributed by atoms with E-state index in [0.29, 0.717) is 5.69 Å². The number of hydrogen-bond donors (Lipinski definition) is 3. The zero-order valence-electron chi connectivity index (χ0n) is 11.5. The molecule has 0 fully saturated rings. The maximum Gasteiger partial charge on any atom is 0.119 e. The van der Waals surface area contributed by atoms with E-state index in [-0.39, 0.29) is 0 Å². The molecule has 21 heavy (non-hydrogen) atoms. The Kier molecular flexibility index (Phi) is 3.86. The van der Waals surface area contributed by atoms with Gasteiger partial charge >= 0.3 is 0 Å². The van der Waals surface area contributed by atoms with Gasteiger partial charge in [0.2, 0.25) is 0 Å². The van der Waals surface area contributed by atoms with Gasteiger partial charge in [-0.2, -0.15) is 0 Å². The van der Waals surface area contributed by atoms with Crippen LogP contribution < -0.4 is 0 Å². The first kappa shape index (κ1) is 13.6. The van der Waals surface area contributed by atoms with Crippen molar-refractivity contribution in [2.75, 3.05) is 0 Å². The van der Waals surface area contributed by atoms with Crippen LogP contribution in [-0.2, 0) is 0 Å². The summed E-state index contributed by atoms with van der Waals surface area (Å²) in [6, 6.07) is 20.7. The predicted molar refractivity (Wildman–Crippen MR) is 81.8 cm³/mol. The molecule has 1 heterocycles. The lowest BCUT2D eigenvalue weighted by Crippen LogP contribution is -2.00. The van der Waals surface area contributed by atoms with Gasteiger partial charge in [0.05, 0.1) is 0 Å². The van der Waals surface area contributed by atoms with Gasteiger partial charge in [-0.1, -0.05) is 60.7 Å². The summed E-state index contributed by atoms with van der Waals surface area (Å²) in [5, 5.41) is 20.7. The molecular formula is C18H17NO2. The average Bonchev–Trinajstić information content (AvgIpc) is 3.05. The van der Waals surface area contributed by atoms with Crippen molar-refractivity contribution in [3.8, 4) is 0 Å². The van der Waals surface area contributed by atoms with E-state index < -0.39 is 12.2 Å². The van der Waals surface area contributed by atoms with E-state index in [1.807, 2.05) is 60.7 Å². The molecule has 0 spiro atoms. The van der Waals surface area contributed by atoms with Gasteiger partial charge in [0, 0.05) is 17.5 Å². The van der Waals surface area contributed by atoms with Crippen LogP contribution in [0.3, 0.4) is 0 Å². The Hall–Kier alpha value is -2.36. The van der Waals surface area contributed by atoms with Gasteiger partial charge < -0.3 is 15.2 Å². The van der Waals surface area contributed by atoms with Crippen molar-refractivity contribution in [3.05, 3.63) is 95.3 Å². The maximum atomic E-state index is 10.4. The number of nitrogens with one attached hydrogen (secondary N) is 1. The summed E-state index contributed by atoms with van der Waals surface area (Å²) in [7, 11) is 0. The van der Waals surface area contributed by atoms with Crippen molar-refractivity contribution >= 4 is 0 Å². The highest BCUT2D eigenvalue weighted by atomic mass is 16.3. The molecule has 3 heteroatoms. The molecule has 2 aromatic carbocycles. The molecule has 0 aliphatic heterocycles. The first-order chi connectivity index (χ1) is 10.3. The van der Waals surface area contributed by atoms with Crippen LogP contribution in [0.2, 0.25) is 0 Å². The van der Waals surface area contributed by atoms with Crippen molar-refractivity contribution < 1.29 is 10.2 Å². The summed E-state index contributed by atoms with van der Waals surface area (Å²) in [4.78, 5) is 3.04. The van der Waals surface area contributed by atoms with E-state index in [9.17, 15) is 10.2 Å². The van der Waals surface area contributed by atoms with Crippen molar-refractivity contribution in [1.82, 2.24) is 4.98 Å². The van der Waals surface area contributed by atoms with Gasteiger partial charge in [-0.25, -0.2) is 0 Å². The van der Waals surface area contributed by atoms with Crippen LogP contribution in [0.25, 0.3) is 0 Å². The molecule has 0 aliphatic rings. The molecule has 0 radical (unpaired) electrons. The molecule has 0 bridgehead atoms. The number of aliphatic hydroxyl groups excluding tert-OH is 2. The molecule has 3 nitrogen and oxygen atoms in total. The molecule has 0 aliphatic carbocycles. The zero-order valence-corrected chi connectivity index (χ0v) is 11.5. The molecule has 0 saturated heterocycles. The van der Waals surface area contributed by atoms with Crippen LogP contribution in [-0.4, -0.2) is 15.2 Å². The minimum absolute atomic E-state index is 0.672. The highest BCUT2D eigenvalue weighted by Crippen LogP contribution is 2.26. The first-order valence-corrected chi connectivity index (χ1v) is 6.90. The highest BCUT2D eigenvalue weighted by Gasteiger charge is 2.16. The lowest BCUT2D eigenvalue weighted by atomic mass is 10.0. The minimum Gasteiger partial charge on any atom is -0.384 e. The Balaban J connectivity index is 1.84. The number of benzene rings is 2. The van der Waals surface area contributed by atoms with Crippen LogP contribution in [0.5, 0.6) is 0 Å². The molecule has 3 aromatic rings. The molecule has 3 rings (SSSR count). The third kappa shape index (κ3) is 2.89. The summed E-state index contributed by atoms with van der Waals surface area (Å²) < 4.78 is 0. The van der Waals surface area contributed by atoms with Gasteiger partial charge in [0.1, 0.15) is 12.2 Å². The quantitative estimate of drug-likeness (QED) is 0.687. The zero-order chi connectivity index (χ0) is 14.7. The lowest BCUT2D eigenvalue weighted by Gasteiger charge is -2.10. The van der Waals surface area contributed by atoms with Crippen LogP contribution in [0.1, 0.15) is 34.6 Å². The van der Waals surface area contributed by atoms with Gasteiger partial charge in [-0.15, -0.1) is 0 Å². The third-order valence-corrected chi connectivity index (χ3v) is 3.57. The predicted octanol–water partition coefficient (Wildman–Crippen LogP) is 3.18. The van der Waals surface area contributed by atoms with E-state index >= 15 is 0 Å². The standard InChI is InChI=1S/C18H17NO2/c20-17(13-7-3-1-4-8-13)15-11-16(19-12-15)18(21)14-9-5-2-6-10-14/h1-12,17-21H. The number of aromatic amines is 1. The maximum absolute atomic E-state index is 10.4. The smallest absolute Gasteiger partial charge is 0.119 e. The van der Waals surface area contributed by atoms with Crippen LogP contribution in [0.15, 0.2) is 72.9 Å². The Morgan fingerprint density at radius 1 is 0.667 bits per heavy atom. The van der Waals surface area contributed by atoms with Crippen molar-refractivity contribution in [3.63, 3.8) is 0 Å². The van der Waals surface area contributed by atoms with Crippen LogP contribution >= 0.6 is 0 Å². The number of rotatable bonds is 4. The minimum atomic E-state index is -0.720. The first-order valence-electron chi connectivity index (χ1n) is 6.90. The van der Waals surface area contributed by atoms with Crippen molar-refractivity contribution in [2.45, 2.75) is 12.2 Å². The topological polar surface area (TPSA) is 56.2 Å². The molecule has 0 saturated carbocycles. The van der Waals surface area contributed by atoms with Crippen molar-refractivity contribution in [1.29, 1.82) is 0 Å². The SMILES string of the molecule is OC(c1ccccc1)c1c[nH]c(C(O)c2ccccc2)c1. The Bertz CT molecular complexity index is 632. The number of aromatic nitrogens is 1. The average molecular weight is 279 g/mol. The van der Waals surface area contributed by atoms with E-state index in [1.54, 1.807) is 12.3 Å². The van der Waals surface area contributed by atoms with Crippen LogP contribution in [0, 0.1) is 0 Å². The largest absolute Gasteiger partial charge is 0.384 e. The summed E-state index contributed by atoms with van der Waals surface area (Å²) in [5.74, 6) is 0.